The molecule has 1 saturated heterocycles. The first-order valence-corrected chi connectivity index (χ1v) is 6.53. The Hall–Kier alpha value is -1.39. The first-order valence-electron chi connectivity index (χ1n) is 6.53. The summed E-state index contributed by atoms with van der Waals surface area (Å²) < 4.78 is 10.7. The molecule has 2 N–H and O–H groups in total. The van der Waals surface area contributed by atoms with E-state index in [1.165, 1.54) is 0 Å². The molecule has 0 aromatic heterocycles. The highest BCUT2D eigenvalue weighted by Crippen LogP contribution is 2.32. The number of ether oxygens (including phenoxy) is 2. The molecule has 1 unspecified atom stereocenters. The predicted octanol–water partition coefficient (Wildman–Crippen LogP) is 2.04. The van der Waals surface area contributed by atoms with Crippen LogP contribution in [0.15, 0.2) is 30.3 Å². The van der Waals surface area contributed by atoms with E-state index in [-0.39, 0.29) is 12.1 Å². The second-order valence-electron chi connectivity index (χ2n) is 5.87. The number of carbonyl (C=O) groups is 1. The Kier molecular flexibility index (Phi) is 3.92. The van der Waals surface area contributed by atoms with Crippen LogP contribution in [-0.2, 0) is 14.3 Å². The standard InChI is InChI=1S/C15H21NO3/c1-15(2,3)19-14(17)12(11-9-18-11)13(16)10-7-5-4-6-8-10/h4-8,11-13H,9,16H2,1-3H3/t11-,12+,13?/m1/s1. The Labute approximate surface area is 113 Å². The fourth-order valence-electron chi connectivity index (χ4n) is 2.04. The molecule has 1 fully saturated rings. The van der Waals surface area contributed by atoms with Gasteiger partial charge in [-0.2, -0.15) is 0 Å². The summed E-state index contributed by atoms with van der Waals surface area (Å²) in [5.41, 5.74) is 6.63. The third-order valence-corrected chi connectivity index (χ3v) is 3.01. The average Bonchev–Trinajstić information content (AvgIpc) is 3.12. The molecule has 0 radical (unpaired) electrons. The number of epoxide rings is 1. The number of hydrogen-bond donors (Lipinski definition) is 1. The van der Waals surface area contributed by atoms with E-state index in [9.17, 15) is 4.79 Å². The van der Waals surface area contributed by atoms with Crippen molar-refractivity contribution >= 4 is 5.97 Å². The summed E-state index contributed by atoms with van der Waals surface area (Å²) in [7, 11) is 0. The molecular formula is C15H21NO3. The lowest BCUT2D eigenvalue weighted by Gasteiger charge is -2.26. The second-order valence-corrected chi connectivity index (χ2v) is 5.87. The van der Waals surface area contributed by atoms with Gasteiger partial charge in [-0.05, 0) is 26.3 Å². The molecule has 0 bridgehead atoms. The predicted molar refractivity (Wildman–Crippen MR) is 72.4 cm³/mol. The molecule has 1 aromatic rings. The van der Waals surface area contributed by atoms with Crippen LogP contribution < -0.4 is 5.73 Å². The molecular weight excluding hydrogens is 242 g/mol. The monoisotopic (exact) mass is 263 g/mol. The summed E-state index contributed by atoms with van der Waals surface area (Å²) >= 11 is 0. The SMILES string of the molecule is CC(C)(C)OC(=O)[C@H](C(N)c1ccccc1)[C@H]1CO1. The van der Waals surface area contributed by atoms with E-state index >= 15 is 0 Å². The van der Waals surface area contributed by atoms with Crippen molar-refractivity contribution in [2.24, 2.45) is 11.7 Å². The topological polar surface area (TPSA) is 64.8 Å². The van der Waals surface area contributed by atoms with Crippen LogP contribution in [0.5, 0.6) is 0 Å². The van der Waals surface area contributed by atoms with E-state index in [4.69, 9.17) is 15.2 Å². The van der Waals surface area contributed by atoms with Gasteiger partial charge in [0.2, 0.25) is 0 Å². The van der Waals surface area contributed by atoms with Crippen LogP contribution in [0.1, 0.15) is 32.4 Å². The quantitative estimate of drug-likeness (QED) is 0.667. The molecule has 0 amide bonds. The van der Waals surface area contributed by atoms with Gasteiger partial charge in [0.25, 0.3) is 0 Å². The summed E-state index contributed by atoms with van der Waals surface area (Å²) in [4.78, 5) is 12.3. The minimum Gasteiger partial charge on any atom is -0.460 e. The van der Waals surface area contributed by atoms with Crippen LogP contribution >= 0.6 is 0 Å². The maximum absolute atomic E-state index is 12.3. The number of esters is 1. The van der Waals surface area contributed by atoms with E-state index in [1.807, 2.05) is 51.1 Å². The number of hydrogen-bond acceptors (Lipinski definition) is 4. The minimum absolute atomic E-state index is 0.120. The Morgan fingerprint density at radius 3 is 2.42 bits per heavy atom. The van der Waals surface area contributed by atoms with Crippen LogP contribution in [0.4, 0.5) is 0 Å². The maximum atomic E-state index is 12.3. The van der Waals surface area contributed by atoms with Gasteiger partial charge in [-0.15, -0.1) is 0 Å². The number of nitrogens with two attached hydrogens (primary N) is 1. The highest BCUT2D eigenvalue weighted by Gasteiger charge is 2.44. The van der Waals surface area contributed by atoms with Crippen LogP contribution in [0.25, 0.3) is 0 Å². The van der Waals surface area contributed by atoms with Gasteiger partial charge in [0, 0.05) is 6.04 Å². The van der Waals surface area contributed by atoms with Gasteiger partial charge in [-0.1, -0.05) is 30.3 Å². The van der Waals surface area contributed by atoms with Crippen LogP contribution in [0.2, 0.25) is 0 Å². The fourth-order valence-corrected chi connectivity index (χ4v) is 2.04. The highest BCUT2D eigenvalue weighted by atomic mass is 16.6. The van der Waals surface area contributed by atoms with Gasteiger partial charge in [-0.25, -0.2) is 0 Å². The molecule has 2 rings (SSSR count). The average molecular weight is 263 g/mol. The highest BCUT2D eigenvalue weighted by molar-refractivity contribution is 5.75. The van der Waals surface area contributed by atoms with Crippen LogP contribution in [0.3, 0.4) is 0 Å². The van der Waals surface area contributed by atoms with E-state index in [0.29, 0.717) is 6.61 Å². The lowest BCUT2D eigenvalue weighted by atomic mass is 9.91. The Balaban J connectivity index is 2.14. The second kappa shape index (κ2) is 5.31. The molecule has 0 saturated carbocycles. The van der Waals surface area contributed by atoms with E-state index in [2.05, 4.69) is 0 Å². The van der Waals surface area contributed by atoms with Crippen molar-refractivity contribution in [1.29, 1.82) is 0 Å². The van der Waals surface area contributed by atoms with Crippen molar-refractivity contribution in [1.82, 2.24) is 0 Å². The maximum Gasteiger partial charge on any atom is 0.314 e. The molecule has 0 aliphatic carbocycles. The van der Waals surface area contributed by atoms with Crippen LogP contribution in [0, 0.1) is 5.92 Å². The summed E-state index contributed by atoms with van der Waals surface area (Å²) in [6.45, 7) is 6.13. The Morgan fingerprint density at radius 1 is 1.37 bits per heavy atom. The van der Waals surface area contributed by atoms with Crippen molar-refractivity contribution in [2.75, 3.05) is 6.61 Å². The first-order chi connectivity index (χ1) is 8.88. The third-order valence-electron chi connectivity index (χ3n) is 3.01. The zero-order chi connectivity index (χ0) is 14.0. The van der Waals surface area contributed by atoms with Crippen molar-refractivity contribution in [2.45, 2.75) is 38.5 Å². The lowest BCUT2D eigenvalue weighted by molar-refractivity contribution is -0.161. The molecule has 1 aliphatic heterocycles. The van der Waals surface area contributed by atoms with Gasteiger partial charge in [0.15, 0.2) is 0 Å². The molecule has 1 heterocycles. The minimum atomic E-state index is -0.513. The zero-order valence-corrected chi connectivity index (χ0v) is 11.6. The molecule has 4 heteroatoms. The number of rotatable bonds is 4. The summed E-state index contributed by atoms with van der Waals surface area (Å²) in [5.74, 6) is -0.729. The number of carbonyl (C=O) groups excluding carboxylic acids is 1. The summed E-state index contributed by atoms with van der Waals surface area (Å²) in [6, 6.07) is 9.19. The van der Waals surface area contributed by atoms with E-state index in [1.54, 1.807) is 0 Å². The van der Waals surface area contributed by atoms with Gasteiger partial charge in [-0.3, -0.25) is 4.79 Å². The van der Waals surface area contributed by atoms with Gasteiger partial charge >= 0.3 is 5.97 Å². The molecule has 1 aromatic carbocycles. The Morgan fingerprint density at radius 2 is 1.95 bits per heavy atom. The normalized spacial score (nSPS) is 21.6. The van der Waals surface area contributed by atoms with Crippen molar-refractivity contribution in [3.05, 3.63) is 35.9 Å². The third kappa shape index (κ3) is 3.78. The summed E-state index contributed by atoms with van der Waals surface area (Å²) in [5, 5.41) is 0. The van der Waals surface area contributed by atoms with Crippen LogP contribution in [-0.4, -0.2) is 24.3 Å². The van der Waals surface area contributed by atoms with E-state index in [0.717, 1.165) is 5.56 Å². The molecule has 0 spiro atoms. The van der Waals surface area contributed by atoms with Crippen molar-refractivity contribution in [3.8, 4) is 0 Å². The molecule has 4 nitrogen and oxygen atoms in total. The summed E-state index contributed by atoms with van der Waals surface area (Å²) in [6.07, 6.45) is -0.120. The smallest absolute Gasteiger partial charge is 0.314 e. The van der Waals surface area contributed by atoms with Crippen molar-refractivity contribution in [3.63, 3.8) is 0 Å². The van der Waals surface area contributed by atoms with E-state index < -0.39 is 17.6 Å². The van der Waals surface area contributed by atoms with Gasteiger partial charge in [0.05, 0.1) is 12.7 Å². The van der Waals surface area contributed by atoms with Gasteiger partial charge < -0.3 is 15.2 Å². The molecule has 1 aliphatic rings. The largest absolute Gasteiger partial charge is 0.460 e. The first kappa shape index (κ1) is 14.0. The lowest BCUT2D eigenvalue weighted by Crippen LogP contribution is -2.37. The molecule has 3 atom stereocenters. The zero-order valence-electron chi connectivity index (χ0n) is 11.6. The number of benzene rings is 1. The molecule has 104 valence electrons. The fraction of sp³-hybridized carbons (Fsp3) is 0.533. The Bertz CT molecular complexity index is 434. The van der Waals surface area contributed by atoms with Crippen molar-refractivity contribution < 1.29 is 14.3 Å². The van der Waals surface area contributed by atoms with Gasteiger partial charge in [0.1, 0.15) is 11.5 Å². The molecule has 19 heavy (non-hydrogen) atoms.